The van der Waals surface area contributed by atoms with Crippen LogP contribution in [0.2, 0.25) is 0 Å². The predicted molar refractivity (Wildman–Crippen MR) is 139 cm³/mol. The van der Waals surface area contributed by atoms with Crippen LogP contribution in [-0.4, -0.2) is 53.3 Å². The molecule has 10 heteroatoms. The van der Waals surface area contributed by atoms with Crippen molar-refractivity contribution in [2.24, 2.45) is 0 Å². The zero-order valence-electron chi connectivity index (χ0n) is 21.9. The first-order valence-corrected chi connectivity index (χ1v) is 13.1. The van der Waals surface area contributed by atoms with E-state index in [-0.39, 0.29) is 37.1 Å². The van der Waals surface area contributed by atoms with Gasteiger partial charge >= 0.3 is 12.1 Å². The van der Waals surface area contributed by atoms with Gasteiger partial charge < -0.3 is 29.2 Å². The van der Waals surface area contributed by atoms with Crippen LogP contribution in [0.15, 0.2) is 46.9 Å². The molecule has 0 amide bonds. The number of fused-ring (bicyclic) bond motifs is 1. The Hall–Kier alpha value is -3.08. The fraction of sp³-hybridized carbons (Fsp3) is 0.483. The topological polar surface area (TPSA) is 109 Å². The average Bonchev–Trinajstić information content (AvgIpc) is 3.34. The van der Waals surface area contributed by atoms with Crippen LogP contribution in [0, 0.1) is 0 Å². The van der Waals surface area contributed by atoms with Gasteiger partial charge in [-0.1, -0.05) is 19.1 Å². The van der Waals surface area contributed by atoms with E-state index in [1.54, 1.807) is 37.3 Å². The Balaban J connectivity index is 1.57. The van der Waals surface area contributed by atoms with E-state index in [9.17, 15) is 28.2 Å². The molecule has 3 rings (SSSR count). The molecule has 3 aromatic rings. The van der Waals surface area contributed by atoms with E-state index in [4.69, 9.17) is 19.0 Å². The summed E-state index contributed by atoms with van der Waals surface area (Å²) >= 11 is 0. The van der Waals surface area contributed by atoms with Crippen LogP contribution >= 0.6 is 0 Å². The number of halogens is 3. The van der Waals surface area contributed by atoms with Crippen molar-refractivity contribution in [1.29, 1.82) is 0 Å². The number of carbonyl (C=O) groups is 1. The number of alkyl halides is 3. The Kier molecular flexibility index (Phi) is 11.2. The fourth-order valence-electron chi connectivity index (χ4n) is 4.16. The Morgan fingerprint density at radius 1 is 0.974 bits per heavy atom. The first kappa shape index (κ1) is 30.5. The number of aryl methyl sites for hydroxylation is 1. The SMILES string of the molecule is CCC(=O)OCCCC(O)C(O)CCCOc1ccc2cc(-c3ccc(CCCO)cc3C(F)(F)F)oc2c1. The van der Waals surface area contributed by atoms with Gasteiger partial charge in [0, 0.05) is 30.0 Å². The molecule has 0 spiro atoms. The number of aliphatic hydroxyl groups is 3. The van der Waals surface area contributed by atoms with Crippen LogP contribution in [0.25, 0.3) is 22.3 Å². The summed E-state index contributed by atoms with van der Waals surface area (Å²) in [5.74, 6) is 0.248. The minimum atomic E-state index is -4.57. The summed E-state index contributed by atoms with van der Waals surface area (Å²) in [6.07, 6.45) is -3.93. The molecule has 39 heavy (non-hydrogen) atoms. The van der Waals surface area contributed by atoms with E-state index in [1.165, 1.54) is 6.07 Å². The van der Waals surface area contributed by atoms with Crippen molar-refractivity contribution in [2.75, 3.05) is 19.8 Å². The fourth-order valence-corrected chi connectivity index (χ4v) is 4.16. The normalized spacial score (nSPS) is 13.4. The van der Waals surface area contributed by atoms with E-state index in [0.717, 1.165) is 6.07 Å². The lowest BCUT2D eigenvalue weighted by molar-refractivity contribution is -0.143. The van der Waals surface area contributed by atoms with E-state index in [0.29, 0.717) is 67.2 Å². The van der Waals surface area contributed by atoms with Gasteiger partial charge in [0.05, 0.1) is 31.0 Å². The van der Waals surface area contributed by atoms with Crippen LogP contribution in [0.5, 0.6) is 5.75 Å². The van der Waals surface area contributed by atoms with Crippen LogP contribution in [0.3, 0.4) is 0 Å². The maximum Gasteiger partial charge on any atom is 0.417 e. The number of hydrogen-bond donors (Lipinski definition) is 3. The van der Waals surface area contributed by atoms with Crippen molar-refractivity contribution in [2.45, 2.75) is 70.3 Å². The van der Waals surface area contributed by atoms with Crippen molar-refractivity contribution >= 4 is 16.9 Å². The third kappa shape index (κ3) is 8.98. The molecule has 0 radical (unpaired) electrons. The molecule has 0 aliphatic heterocycles. The molecular weight excluding hydrogens is 517 g/mol. The van der Waals surface area contributed by atoms with Crippen molar-refractivity contribution in [3.8, 4) is 17.1 Å². The second-order valence-corrected chi connectivity index (χ2v) is 9.36. The molecule has 0 aliphatic rings. The van der Waals surface area contributed by atoms with Gasteiger partial charge in [-0.15, -0.1) is 0 Å². The standard InChI is InChI=1S/C29H35F3O7/c1-2-28(36)38-15-5-8-25(35)24(34)7-4-14-37-21-11-10-20-17-27(39-26(20)18-21)22-12-9-19(6-3-13-33)16-23(22)29(30,31)32/h9-12,16-18,24-25,33-35H,2-8,13-15H2,1H3. The number of esters is 1. The number of furan rings is 1. The highest BCUT2D eigenvalue weighted by Crippen LogP contribution is 2.40. The number of hydrogen-bond acceptors (Lipinski definition) is 7. The largest absolute Gasteiger partial charge is 0.493 e. The lowest BCUT2D eigenvalue weighted by Gasteiger charge is -2.17. The molecule has 7 nitrogen and oxygen atoms in total. The van der Waals surface area contributed by atoms with Gasteiger partial charge in [0.1, 0.15) is 17.1 Å². The first-order valence-electron chi connectivity index (χ1n) is 13.1. The minimum Gasteiger partial charge on any atom is -0.493 e. The van der Waals surface area contributed by atoms with Crippen molar-refractivity contribution < 1.29 is 47.2 Å². The number of benzene rings is 2. The lowest BCUT2D eigenvalue weighted by atomic mass is 9.99. The summed E-state index contributed by atoms with van der Waals surface area (Å²) in [4.78, 5) is 11.1. The summed E-state index contributed by atoms with van der Waals surface area (Å²) in [5.41, 5.74) is 0.00225. The van der Waals surface area contributed by atoms with Crippen molar-refractivity contribution in [3.05, 3.63) is 53.6 Å². The number of rotatable bonds is 15. The van der Waals surface area contributed by atoms with Gasteiger partial charge in [0.2, 0.25) is 0 Å². The molecule has 214 valence electrons. The number of aliphatic hydroxyl groups excluding tert-OH is 3. The third-order valence-corrected chi connectivity index (χ3v) is 6.32. The second-order valence-electron chi connectivity index (χ2n) is 9.36. The maximum atomic E-state index is 13.8. The molecule has 0 aliphatic carbocycles. The monoisotopic (exact) mass is 552 g/mol. The highest BCUT2D eigenvalue weighted by Gasteiger charge is 2.34. The molecule has 0 saturated heterocycles. The van der Waals surface area contributed by atoms with E-state index >= 15 is 0 Å². The zero-order chi connectivity index (χ0) is 28.4. The summed E-state index contributed by atoms with van der Waals surface area (Å²) in [6, 6.07) is 10.6. The molecule has 2 unspecified atom stereocenters. The van der Waals surface area contributed by atoms with Gasteiger partial charge in [-0.25, -0.2) is 0 Å². The highest BCUT2D eigenvalue weighted by molar-refractivity contribution is 5.84. The quantitative estimate of drug-likeness (QED) is 0.165. The maximum absolute atomic E-state index is 13.8. The van der Waals surface area contributed by atoms with E-state index in [1.807, 2.05) is 0 Å². The predicted octanol–water partition coefficient (Wildman–Crippen LogP) is 5.66. The van der Waals surface area contributed by atoms with Gasteiger partial charge in [0.25, 0.3) is 0 Å². The van der Waals surface area contributed by atoms with Gasteiger partial charge in [0.15, 0.2) is 0 Å². The van der Waals surface area contributed by atoms with Crippen LogP contribution in [0.4, 0.5) is 13.2 Å². The molecule has 1 aromatic heterocycles. The van der Waals surface area contributed by atoms with Crippen LogP contribution in [-0.2, 0) is 22.1 Å². The molecule has 2 aromatic carbocycles. The van der Waals surface area contributed by atoms with Crippen molar-refractivity contribution in [3.63, 3.8) is 0 Å². The number of ether oxygens (including phenoxy) is 2. The summed E-state index contributed by atoms with van der Waals surface area (Å²) < 4.78 is 57.8. The molecule has 0 bridgehead atoms. The highest BCUT2D eigenvalue weighted by atomic mass is 19.4. The summed E-state index contributed by atoms with van der Waals surface area (Å²) in [5, 5.41) is 29.8. The van der Waals surface area contributed by atoms with Gasteiger partial charge in [-0.05, 0) is 68.4 Å². The van der Waals surface area contributed by atoms with E-state index in [2.05, 4.69) is 0 Å². The molecular formula is C29H35F3O7. The Labute approximate surface area is 225 Å². The van der Waals surface area contributed by atoms with Gasteiger partial charge in [-0.2, -0.15) is 13.2 Å². The Morgan fingerprint density at radius 3 is 2.36 bits per heavy atom. The van der Waals surface area contributed by atoms with E-state index < -0.39 is 23.9 Å². The smallest absolute Gasteiger partial charge is 0.417 e. The molecule has 3 N–H and O–H groups in total. The Bertz CT molecular complexity index is 1210. The van der Waals surface area contributed by atoms with Gasteiger partial charge in [-0.3, -0.25) is 4.79 Å². The zero-order valence-corrected chi connectivity index (χ0v) is 21.9. The third-order valence-electron chi connectivity index (χ3n) is 6.32. The van der Waals surface area contributed by atoms with Crippen LogP contribution < -0.4 is 4.74 Å². The molecule has 0 saturated carbocycles. The lowest BCUT2D eigenvalue weighted by Crippen LogP contribution is -2.26. The second kappa shape index (κ2) is 14.3. The summed E-state index contributed by atoms with van der Waals surface area (Å²) in [7, 11) is 0. The molecule has 1 heterocycles. The molecule has 2 atom stereocenters. The Morgan fingerprint density at radius 2 is 1.69 bits per heavy atom. The average molecular weight is 553 g/mol. The first-order chi connectivity index (χ1) is 18.6. The summed E-state index contributed by atoms with van der Waals surface area (Å²) in [6.45, 7) is 2.05. The minimum absolute atomic E-state index is 0.0648. The van der Waals surface area contributed by atoms with Crippen molar-refractivity contribution in [1.82, 2.24) is 0 Å². The number of carbonyl (C=O) groups excluding carboxylic acids is 1. The molecule has 0 fully saturated rings. The van der Waals surface area contributed by atoms with Crippen LogP contribution in [0.1, 0.15) is 56.6 Å².